The van der Waals surface area contributed by atoms with Crippen molar-refractivity contribution in [2.75, 3.05) is 6.61 Å². The minimum Gasteiger partial charge on any atom is -0.488 e. The topological polar surface area (TPSA) is 48.4 Å². The number of pyridine rings is 1. The van der Waals surface area contributed by atoms with Crippen LogP contribution >= 0.6 is 11.6 Å². The fourth-order valence-electron chi connectivity index (χ4n) is 4.12. The first-order valence-corrected chi connectivity index (χ1v) is 11.6. The molecule has 0 aliphatic heterocycles. The van der Waals surface area contributed by atoms with E-state index < -0.39 is 23.4 Å². The SMILES string of the molecule is CCOC(=O)c1nc(C2=C(c3cc(Cl)ccc3OCc3cc(F)c(F)cc3F)CCC2)ccc1C. The molecule has 182 valence electrons. The third-order valence-electron chi connectivity index (χ3n) is 5.83. The number of nitrogens with zero attached hydrogens (tertiary/aromatic N) is 1. The predicted molar refractivity (Wildman–Crippen MR) is 128 cm³/mol. The van der Waals surface area contributed by atoms with Gasteiger partial charge in [0.25, 0.3) is 0 Å². The molecule has 0 saturated heterocycles. The zero-order valence-electron chi connectivity index (χ0n) is 19.3. The molecule has 1 heterocycles. The normalized spacial score (nSPS) is 13.3. The second-order valence-corrected chi connectivity index (χ2v) is 8.62. The summed E-state index contributed by atoms with van der Waals surface area (Å²) in [6.45, 7) is 3.49. The number of allylic oxidation sites excluding steroid dienone is 2. The monoisotopic (exact) mass is 501 g/mol. The number of hydrogen-bond donors (Lipinski definition) is 0. The Kier molecular flexibility index (Phi) is 7.45. The number of carbonyl (C=O) groups is 1. The fourth-order valence-corrected chi connectivity index (χ4v) is 4.29. The van der Waals surface area contributed by atoms with Gasteiger partial charge in [0.2, 0.25) is 0 Å². The molecule has 0 fully saturated rings. The Labute approximate surface area is 206 Å². The van der Waals surface area contributed by atoms with Crippen molar-refractivity contribution < 1.29 is 27.4 Å². The van der Waals surface area contributed by atoms with Crippen molar-refractivity contribution in [3.63, 3.8) is 0 Å². The van der Waals surface area contributed by atoms with E-state index in [-0.39, 0.29) is 24.5 Å². The molecular weight excluding hydrogens is 479 g/mol. The first kappa shape index (κ1) is 24.8. The molecule has 0 amide bonds. The van der Waals surface area contributed by atoms with Gasteiger partial charge in [-0.25, -0.2) is 22.9 Å². The standard InChI is InChI=1S/C27H23ClF3NO3/c1-3-34-27(33)26-15(2)7-9-24(32-26)19-6-4-5-18(19)20-12-17(28)8-10-25(20)35-14-16-11-22(30)23(31)13-21(16)29/h7-13H,3-6,14H2,1-2H3. The number of hydrogen-bond acceptors (Lipinski definition) is 4. The third-order valence-corrected chi connectivity index (χ3v) is 6.07. The van der Waals surface area contributed by atoms with E-state index in [4.69, 9.17) is 21.1 Å². The van der Waals surface area contributed by atoms with Crippen LogP contribution < -0.4 is 4.74 Å². The fraction of sp³-hybridized carbons (Fsp3) is 0.259. The van der Waals surface area contributed by atoms with Crippen LogP contribution in [0.15, 0.2) is 42.5 Å². The quantitative estimate of drug-likeness (QED) is 0.251. The molecule has 1 aliphatic carbocycles. The van der Waals surface area contributed by atoms with Crippen molar-refractivity contribution in [3.05, 3.63) is 93.0 Å². The molecule has 0 saturated carbocycles. The van der Waals surface area contributed by atoms with Crippen molar-refractivity contribution in [1.29, 1.82) is 0 Å². The lowest BCUT2D eigenvalue weighted by molar-refractivity contribution is 0.0518. The van der Waals surface area contributed by atoms with Gasteiger partial charge in [0.1, 0.15) is 18.2 Å². The van der Waals surface area contributed by atoms with E-state index >= 15 is 0 Å². The predicted octanol–water partition coefficient (Wildman–Crippen LogP) is 7.31. The van der Waals surface area contributed by atoms with Gasteiger partial charge in [0.05, 0.1) is 12.3 Å². The van der Waals surface area contributed by atoms with Gasteiger partial charge in [-0.05, 0) is 80.2 Å². The Bertz CT molecular complexity index is 1320. The summed E-state index contributed by atoms with van der Waals surface area (Å²) in [4.78, 5) is 16.9. The zero-order chi connectivity index (χ0) is 25.1. The van der Waals surface area contributed by atoms with Gasteiger partial charge in [-0.3, -0.25) is 0 Å². The number of halogens is 4. The Morgan fingerprint density at radius 1 is 1.00 bits per heavy atom. The van der Waals surface area contributed by atoms with Gasteiger partial charge in [-0.15, -0.1) is 0 Å². The number of carbonyl (C=O) groups excluding carboxylic acids is 1. The summed E-state index contributed by atoms with van der Waals surface area (Å²) in [5.74, 6) is -3.36. The summed E-state index contributed by atoms with van der Waals surface area (Å²) >= 11 is 6.29. The molecule has 0 N–H and O–H groups in total. The molecule has 2 aromatic carbocycles. The third kappa shape index (κ3) is 5.35. The molecule has 4 nitrogen and oxygen atoms in total. The van der Waals surface area contributed by atoms with Gasteiger partial charge in [-0.2, -0.15) is 0 Å². The minimum absolute atomic E-state index is 0.107. The Morgan fingerprint density at radius 2 is 1.74 bits per heavy atom. The summed E-state index contributed by atoms with van der Waals surface area (Å²) in [6.07, 6.45) is 2.31. The second-order valence-electron chi connectivity index (χ2n) is 8.18. The molecule has 0 spiro atoms. The lowest BCUT2D eigenvalue weighted by Gasteiger charge is -2.16. The average Bonchev–Trinajstić information content (AvgIpc) is 3.31. The summed E-state index contributed by atoms with van der Waals surface area (Å²) in [6, 6.07) is 10.0. The summed E-state index contributed by atoms with van der Waals surface area (Å²) in [5, 5.41) is 0.481. The first-order chi connectivity index (χ1) is 16.8. The van der Waals surface area contributed by atoms with Crippen LogP contribution in [0.4, 0.5) is 13.2 Å². The number of ether oxygens (including phenoxy) is 2. The summed E-state index contributed by atoms with van der Waals surface area (Å²) in [7, 11) is 0. The molecule has 1 aliphatic rings. The van der Waals surface area contributed by atoms with Crippen LogP contribution in [0.25, 0.3) is 11.1 Å². The molecule has 8 heteroatoms. The van der Waals surface area contributed by atoms with E-state index in [1.165, 1.54) is 0 Å². The largest absolute Gasteiger partial charge is 0.488 e. The van der Waals surface area contributed by atoms with Gasteiger partial charge < -0.3 is 9.47 Å². The van der Waals surface area contributed by atoms with Crippen LogP contribution in [0.1, 0.15) is 59.1 Å². The number of aryl methyl sites for hydroxylation is 1. The number of rotatable bonds is 7. The highest BCUT2D eigenvalue weighted by molar-refractivity contribution is 6.30. The van der Waals surface area contributed by atoms with Gasteiger partial charge in [0.15, 0.2) is 17.3 Å². The number of esters is 1. The van der Waals surface area contributed by atoms with E-state index in [9.17, 15) is 18.0 Å². The maximum atomic E-state index is 14.1. The summed E-state index contributed by atoms with van der Waals surface area (Å²) in [5.41, 5.74) is 4.12. The molecule has 0 bridgehead atoms. The smallest absolute Gasteiger partial charge is 0.357 e. The molecule has 0 atom stereocenters. The lowest BCUT2D eigenvalue weighted by atomic mass is 9.98. The number of aromatic nitrogens is 1. The van der Waals surface area contributed by atoms with Crippen molar-refractivity contribution in [3.8, 4) is 5.75 Å². The molecule has 35 heavy (non-hydrogen) atoms. The second kappa shape index (κ2) is 10.5. The molecule has 1 aromatic heterocycles. The molecule has 0 unspecified atom stereocenters. The Hall–Kier alpha value is -3.32. The lowest BCUT2D eigenvalue weighted by Crippen LogP contribution is -2.10. The first-order valence-electron chi connectivity index (χ1n) is 11.2. The van der Waals surface area contributed by atoms with Crippen molar-refractivity contribution >= 4 is 28.7 Å². The van der Waals surface area contributed by atoms with E-state index in [0.29, 0.717) is 33.7 Å². The molecule has 4 rings (SSSR count). The van der Waals surface area contributed by atoms with E-state index in [0.717, 1.165) is 36.5 Å². The highest BCUT2D eigenvalue weighted by Crippen LogP contribution is 2.43. The Balaban J connectivity index is 1.72. The maximum Gasteiger partial charge on any atom is 0.357 e. The molecule has 3 aromatic rings. The van der Waals surface area contributed by atoms with Crippen LogP contribution in [0.3, 0.4) is 0 Å². The minimum atomic E-state index is -1.26. The van der Waals surface area contributed by atoms with Crippen molar-refractivity contribution in [2.24, 2.45) is 0 Å². The summed E-state index contributed by atoms with van der Waals surface area (Å²) < 4.78 is 52.0. The van der Waals surface area contributed by atoms with Gasteiger partial charge in [-0.1, -0.05) is 17.7 Å². The van der Waals surface area contributed by atoms with Crippen LogP contribution in [-0.2, 0) is 11.3 Å². The van der Waals surface area contributed by atoms with E-state index in [1.54, 1.807) is 32.0 Å². The average molecular weight is 502 g/mol. The van der Waals surface area contributed by atoms with Gasteiger partial charge >= 0.3 is 5.97 Å². The van der Waals surface area contributed by atoms with Crippen molar-refractivity contribution in [1.82, 2.24) is 4.98 Å². The maximum absolute atomic E-state index is 14.1. The van der Waals surface area contributed by atoms with Crippen LogP contribution in [0, 0.1) is 24.4 Å². The van der Waals surface area contributed by atoms with Crippen LogP contribution in [0.5, 0.6) is 5.75 Å². The van der Waals surface area contributed by atoms with Crippen LogP contribution in [0.2, 0.25) is 5.02 Å². The van der Waals surface area contributed by atoms with E-state index in [1.807, 2.05) is 12.1 Å². The van der Waals surface area contributed by atoms with Gasteiger partial charge in [0, 0.05) is 22.2 Å². The Morgan fingerprint density at radius 3 is 2.51 bits per heavy atom. The molecular formula is C27H23ClF3NO3. The molecule has 0 radical (unpaired) electrons. The highest BCUT2D eigenvalue weighted by Gasteiger charge is 2.24. The number of benzene rings is 2. The highest BCUT2D eigenvalue weighted by atomic mass is 35.5. The zero-order valence-corrected chi connectivity index (χ0v) is 20.0. The van der Waals surface area contributed by atoms with Crippen LogP contribution in [-0.4, -0.2) is 17.6 Å². The van der Waals surface area contributed by atoms with Crippen molar-refractivity contribution in [2.45, 2.75) is 39.7 Å². The van der Waals surface area contributed by atoms with E-state index in [2.05, 4.69) is 4.98 Å².